The zero-order valence-electron chi connectivity index (χ0n) is 11.7. The van der Waals surface area contributed by atoms with E-state index in [0.717, 1.165) is 31.5 Å². The van der Waals surface area contributed by atoms with Gasteiger partial charge in [-0.05, 0) is 51.3 Å². The standard InChI is InChI=1S/C16H22N2O/c1-11-9-14(7-8-17-11)16(19)18-12(2)10-13-5-3-4-6-15(13)18/h3-6,11-12,14,17H,7-10H2,1-2H3. The van der Waals surface area contributed by atoms with Crippen LogP contribution in [0, 0.1) is 5.92 Å². The number of carbonyl (C=O) groups is 1. The highest BCUT2D eigenvalue weighted by Crippen LogP contribution is 2.34. The Morgan fingerprint density at radius 3 is 2.89 bits per heavy atom. The first-order chi connectivity index (χ1) is 9.16. The van der Waals surface area contributed by atoms with Gasteiger partial charge in [-0.25, -0.2) is 0 Å². The van der Waals surface area contributed by atoms with Gasteiger partial charge in [-0.2, -0.15) is 0 Å². The molecule has 1 fully saturated rings. The fourth-order valence-corrected chi connectivity index (χ4v) is 3.45. The molecule has 102 valence electrons. The Labute approximate surface area is 115 Å². The van der Waals surface area contributed by atoms with Crippen LogP contribution in [0.25, 0.3) is 0 Å². The second kappa shape index (κ2) is 4.97. The first kappa shape index (κ1) is 12.7. The van der Waals surface area contributed by atoms with Gasteiger partial charge < -0.3 is 10.2 Å². The summed E-state index contributed by atoms with van der Waals surface area (Å²) in [6.07, 6.45) is 2.92. The van der Waals surface area contributed by atoms with Crippen molar-refractivity contribution in [2.45, 2.75) is 45.2 Å². The molecule has 2 aliphatic heterocycles. The molecule has 1 aromatic rings. The number of rotatable bonds is 1. The average Bonchev–Trinajstić information content (AvgIpc) is 2.74. The van der Waals surface area contributed by atoms with E-state index in [0.29, 0.717) is 18.0 Å². The number of piperidine rings is 1. The molecule has 1 N–H and O–H groups in total. The number of fused-ring (bicyclic) bond motifs is 1. The molecular formula is C16H22N2O. The van der Waals surface area contributed by atoms with Crippen molar-refractivity contribution in [2.75, 3.05) is 11.4 Å². The second-order valence-electron chi connectivity index (χ2n) is 5.97. The van der Waals surface area contributed by atoms with E-state index in [1.54, 1.807) is 0 Å². The van der Waals surface area contributed by atoms with Crippen molar-refractivity contribution >= 4 is 11.6 Å². The van der Waals surface area contributed by atoms with Gasteiger partial charge in [-0.15, -0.1) is 0 Å². The van der Waals surface area contributed by atoms with Crippen LogP contribution in [-0.4, -0.2) is 24.5 Å². The lowest BCUT2D eigenvalue weighted by Gasteiger charge is -2.32. The van der Waals surface area contributed by atoms with Crippen LogP contribution in [0.4, 0.5) is 5.69 Å². The maximum absolute atomic E-state index is 12.8. The Morgan fingerprint density at radius 2 is 2.11 bits per heavy atom. The third-order valence-electron chi connectivity index (χ3n) is 4.42. The van der Waals surface area contributed by atoms with Crippen LogP contribution in [0.3, 0.4) is 0 Å². The Bertz CT molecular complexity index is 485. The topological polar surface area (TPSA) is 32.3 Å². The fraction of sp³-hybridized carbons (Fsp3) is 0.562. The first-order valence-electron chi connectivity index (χ1n) is 7.31. The molecule has 3 rings (SSSR count). The minimum Gasteiger partial charge on any atom is -0.314 e. The van der Waals surface area contributed by atoms with E-state index in [4.69, 9.17) is 0 Å². The predicted octanol–water partition coefficient (Wildman–Crippen LogP) is 2.35. The van der Waals surface area contributed by atoms with Crippen LogP contribution in [0.5, 0.6) is 0 Å². The molecule has 0 aromatic heterocycles. The van der Waals surface area contributed by atoms with E-state index in [9.17, 15) is 4.79 Å². The zero-order valence-corrected chi connectivity index (χ0v) is 11.7. The number of nitrogens with zero attached hydrogens (tertiary/aromatic N) is 1. The number of nitrogens with one attached hydrogen (secondary N) is 1. The highest BCUT2D eigenvalue weighted by atomic mass is 16.2. The van der Waals surface area contributed by atoms with Crippen LogP contribution in [0.2, 0.25) is 0 Å². The van der Waals surface area contributed by atoms with Crippen molar-refractivity contribution in [3.8, 4) is 0 Å². The lowest BCUT2D eigenvalue weighted by Crippen LogP contribution is -2.46. The van der Waals surface area contributed by atoms with Crippen molar-refractivity contribution in [1.29, 1.82) is 0 Å². The van der Waals surface area contributed by atoms with Crippen molar-refractivity contribution in [1.82, 2.24) is 5.32 Å². The summed E-state index contributed by atoms with van der Waals surface area (Å²) in [5, 5.41) is 3.42. The van der Waals surface area contributed by atoms with Crippen molar-refractivity contribution < 1.29 is 4.79 Å². The van der Waals surface area contributed by atoms with Gasteiger partial charge >= 0.3 is 0 Å². The normalized spacial score (nSPS) is 30.2. The predicted molar refractivity (Wildman–Crippen MR) is 77.3 cm³/mol. The van der Waals surface area contributed by atoms with E-state index in [1.165, 1.54) is 5.56 Å². The summed E-state index contributed by atoms with van der Waals surface area (Å²) < 4.78 is 0. The molecule has 3 atom stereocenters. The molecule has 0 bridgehead atoms. The van der Waals surface area contributed by atoms with Crippen LogP contribution in [0.1, 0.15) is 32.3 Å². The van der Waals surface area contributed by atoms with Gasteiger partial charge in [0.05, 0.1) is 0 Å². The number of benzene rings is 1. The monoisotopic (exact) mass is 258 g/mol. The molecule has 3 unspecified atom stereocenters. The number of anilines is 1. The summed E-state index contributed by atoms with van der Waals surface area (Å²) in [5.74, 6) is 0.510. The first-order valence-corrected chi connectivity index (χ1v) is 7.31. The summed E-state index contributed by atoms with van der Waals surface area (Å²) >= 11 is 0. The summed E-state index contributed by atoms with van der Waals surface area (Å²) in [4.78, 5) is 14.9. The maximum atomic E-state index is 12.8. The summed E-state index contributed by atoms with van der Waals surface area (Å²) in [7, 11) is 0. The van der Waals surface area contributed by atoms with E-state index in [2.05, 4.69) is 37.4 Å². The van der Waals surface area contributed by atoms with Crippen LogP contribution in [0.15, 0.2) is 24.3 Å². The van der Waals surface area contributed by atoms with Gasteiger partial charge in [-0.1, -0.05) is 18.2 Å². The Kier molecular flexibility index (Phi) is 3.31. The quantitative estimate of drug-likeness (QED) is 0.838. The molecule has 0 saturated carbocycles. The third-order valence-corrected chi connectivity index (χ3v) is 4.42. The summed E-state index contributed by atoms with van der Waals surface area (Å²) in [5.41, 5.74) is 2.44. The van der Waals surface area contributed by atoms with Gasteiger partial charge in [0, 0.05) is 23.7 Å². The Balaban J connectivity index is 1.83. The second-order valence-corrected chi connectivity index (χ2v) is 5.97. The molecule has 3 nitrogen and oxygen atoms in total. The maximum Gasteiger partial charge on any atom is 0.230 e. The number of amides is 1. The van der Waals surface area contributed by atoms with E-state index < -0.39 is 0 Å². The molecule has 0 radical (unpaired) electrons. The summed E-state index contributed by atoms with van der Waals surface area (Å²) in [6.45, 7) is 5.28. The Hall–Kier alpha value is -1.35. The fourth-order valence-electron chi connectivity index (χ4n) is 3.45. The van der Waals surface area contributed by atoms with Crippen LogP contribution >= 0.6 is 0 Å². The minimum atomic E-state index is 0.185. The van der Waals surface area contributed by atoms with Gasteiger partial charge in [0.25, 0.3) is 0 Å². The lowest BCUT2D eigenvalue weighted by atomic mass is 9.91. The molecule has 1 aromatic carbocycles. The molecule has 0 spiro atoms. The molecule has 1 saturated heterocycles. The van der Waals surface area contributed by atoms with E-state index >= 15 is 0 Å². The van der Waals surface area contributed by atoms with Gasteiger partial charge in [-0.3, -0.25) is 4.79 Å². The van der Waals surface area contributed by atoms with Gasteiger partial charge in [0.1, 0.15) is 0 Å². The minimum absolute atomic E-state index is 0.185. The summed E-state index contributed by atoms with van der Waals surface area (Å²) in [6, 6.07) is 9.07. The SMILES string of the molecule is CC1CC(C(=O)N2c3ccccc3CC2C)CCN1. The number of hydrogen-bond donors (Lipinski definition) is 1. The average molecular weight is 258 g/mol. The largest absolute Gasteiger partial charge is 0.314 e. The van der Waals surface area contributed by atoms with Crippen molar-refractivity contribution in [3.63, 3.8) is 0 Å². The highest BCUT2D eigenvalue weighted by Gasteiger charge is 2.35. The number of hydrogen-bond acceptors (Lipinski definition) is 2. The third kappa shape index (κ3) is 2.27. The molecule has 1 amide bonds. The molecule has 2 heterocycles. The molecular weight excluding hydrogens is 236 g/mol. The van der Waals surface area contributed by atoms with E-state index in [-0.39, 0.29) is 5.92 Å². The van der Waals surface area contributed by atoms with Gasteiger partial charge in [0.15, 0.2) is 0 Å². The Morgan fingerprint density at radius 1 is 1.32 bits per heavy atom. The number of para-hydroxylation sites is 1. The smallest absolute Gasteiger partial charge is 0.230 e. The lowest BCUT2D eigenvalue weighted by molar-refractivity contribution is -0.123. The molecule has 2 aliphatic rings. The zero-order chi connectivity index (χ0) is 13.4. The number of carbonyl (C=O) groups excluding carboxylic acids is 1. The van der Waals surface area contributed by atoms with Crippen LogP contribution in [-0.2, 0) is 11.2 Å². The van der Waals surface area contributed by atoms with E-state index in [1.807, 2.05) is 11.0 Å². The van der Waals surface area contributed by atoms with Gasteiger partial charge in [0.2, 0.25) is 5.91 Å². The molecule has 3 heteroatoms. The molecule has 19 heavy (non-hydrogen) atoms. The highest BCUT2D eigenvalue weighted by molar-refractivity contribution is 5.97. The van der Waals surface area contributed by atoms with Crippen molar-refractivity contribution in [3.05, 3.63) is 29.8 Å². The van der Waals surface area contributed by atoms with Crippen molar-refractivity contribution in [2.24, 2.45) is 5.92 Å². The molecule has 0 aliphatic carbocycles. The van der Waals surface area contributed by atoms with Crippen LogP contribution < -0.4 is 10.2 Å².